The predicted octanol–water partition coefficient (Wildman–Crippen LogP) is 15.0. The van der Waals surface area contributed by atoms with Gasteiger partial charge in [-0.2, -0.15) is 0 Å². The van der Waals surface area contributed by atoms with E-state index >= 15 is 0 Å². The highest BCUT2D eigenvalue weighted by Crippen LogP contribution is 2.34. The third-order valence-electron chi connectivity index (χ3n) is 12.0. The summed E-state index contributed by atoms with van der Waals surface area (Å²) >= 11 is 0. The lowest BCUT2D eigenvalue weighted by Crippen LogP contribution is -1.91. The van der Waals surface area contributed by atoms with Gasteiger partial charge >= 0.3 is 0 Å². The number of nitrogens with zero attached hydrogens (tertiary/aromatic N) is 4. The Morgan fingerprint density at radius 2 is 0.516 bits per heavy atom. The molecule has 4 heteroatoms. The molecule has 4 aromatic heterocycles. The van der Waals surface area contributed by atoms with E-state index in [1.165, 1.54) is 16.7 Å². The minimum atomic E-state index is 0.908. The number of hydrogen-bond donors (Lipinski definition) is 0. The van der Waals surface area contributed by atoms with Crippen molar-refractivity contribution in [2.45, 2.75) is 0 Å². The Hall–Kier alpha value is -8.34. The molecular formula is C58H36N4. The van der Waals surface area contributed by atoms with Crippen LogP contribution in [0.1, 0.15) is 0 Å². The molecule has 62 heavy (non-hydrogen) atoms. The Labute approximate surface area is 358 Å². The van der Waals surface area contributed by atoms with Crippen LogP contribution in [0.25, 0.3) is 122 Å². The molecule has 288 valence electrons. The topological polar surface area (TPSA) is 51.6 Å². The van der Waals surface area contributed by atoms with Crippen molar-refractivity contribution in [1.82, 2.24) is 19.9 Å². The summed E-state index contributed by atoms with van der Waals surface area (Å²) in [6.07, 6.45) is 0. The Morgan fingerprint density at radius 1 is 0.194 bits per heavy atom. The molecule has 0 aliphatic heterocycles. The van der Waals surface area contributed by atoms with Gasteiger partial charge in [-0.3, -0.25) is 0 Å². The largest absolute Gasteiger partial charge is 0.248 e. The molecule has 0 saturated carbocycles. The molecule has 0 fully saturated rings. The van der Waals surface area contributed by atoms with E-state index in [0.29, 0.717) is 0 Å². The normalized spacial score (nSPS) is 11.5. The summed E-state index contributed by atoms with van der Waals surface area (Å²) in [4.78, 5) is 20.6. The van der Waals surface area contributed by atoms with E-state index in [1.54, 1.807) is 0 Å². The number of benzene rings is 8. The van der Waals surface area contributed by atoms with E-state index in [1.807, 2.05) is 24.3 Å². The minimum Gasteiger partial charge on any atom is -0.248 e. The average molecular weight is 789 g/mol. The lowest BCUT2D eigenvalue weighted by molar-refractivity contribution is 1.37. The number of pyridine rings is 4. The van der Waals surface area contributed by atoms with Gasteiger partial charge in [0, 0.05) is 43.8 Å². The van der Waals surface area contributed by atoms with Gasteiger partial charge in [0.1, 0.15) is 0 Å². The summed E-state index contributed by atoms with van der Waals surface area (Å²) in [5.41, 5.74) is 16.4. The number of fused-ring (bicyclic) bond motifs is 6. The molecule has 0 saturated heterocycles. The van der Waals surface area contributed by atoms with E-state index in [0.717, 1.165) is 105 Å². The van der Waals surface area contributed by atoms with E-state index in [9.17, 15) is 0 Å². The van der Waals surface area contributed by atoms with Crippen molar-refractivity contribution >= 4 is 54.4 Å². The summed E-state index contributed by atoms with van der Waals surface area (Å²) < 4.78 is 0. The van der Waals surface area contributed by atoms with Crippen LogP contribution in [0.2, 0.25) is 0 Å². The standard InChI is InChI=1S/C58H36N4/c1-3-7-37(8-4-1)38-11-13-39(14-12-38)47-19-15-41-26-30-53(60-55(41)35-47)50-22-16-42-25-29-52(59-56(42)36-50)48-23-20-46-34-49(24-21-45(46)33-48)54-32-28-44-18-17-43-27-31-51(40-9-5-2-6-10-40)61-57(43)58(44)62-54/h1-36H. The van der Waals surface area contributed by atoms with Crippen molar-refractivity contribution in [3.63, 3.8) is 0 Å². The molecule has 4 nitrogen and oxygen atoms in total. The number of rotatable bonds is 6. The van der Waals surface area contributed by atoms with Gasteiger partial charge in [0.15, 0.2) is 0 Å². The molecule has 0 amide bonds. The van der Waals surface area contributed by atoms with Crippen molar-refractivity contribution in [3.05, 3.63) is 218 Å². The van der Waals surface area contributed by atoms with Crippen LogP contribution in [0.5, 0.6) is 0 Å². The van der Waals surface area contributed by atoms with Gasteiger partial charge in [-0.1, -0.05) is 170 Å². The molecule has 8 aromatic carbocycles. The Bertz CT molecular complexity index is 3670. The SMILES string of the molecule is c1ccc(-c2ccc(-c3ccc4ccc(-c5ccc6ccc(-c7ccc8cc(-c9ccc%10ccc%11ccc(-c%12ccccc%12)nc%11c%10n9)ccc8c7)nc6c5)nc4c3)cc2)cc1. The van der Waals surface area contributed by atoms with Crippen molar-refractivity contribution in [2.24, 2.45) is 0 Å². The number of aromatic nitrogens is 4. The van der Waals surface area contributed by atoms with Gasteiger partial charge in [0.25, 0.3) is 0 Å². The van der Waals surface area contributed by atoms with Gasteiger partial charge < -0.3 is 0 Å². The third-order valence-corrected chi connectivity index (χ3v) is 12.0. The zero-order chi connectivity index (χ0) is 41.0. The fraction of sp³-hybridized carbons (Fsp3) is 0. The molecule has 0 radical (unpaired) electrons. The summed E-state index contributed by atoms with van der Waals surface area (Å²) in [6, 6.07) is 76.9. The van der Waals surface area contributed by atoms with Gasteiger partial charge in [0.05, 0.1) is 44.8 Å². The van der Waals surface area contributed by atoms with Crippen LogP contribution in [-0.4, -0.2) is 19.9 Å². The number of hydrogen-bond acceptors (Lipinski definition) is 4. The molecule has 0 aliphatic rings. The maximum atomic E-state index is 5.20. The lowest BCUT2D eigenvalue weighted by atomic mass is 9.99. The molecule has 12 aromatic rings. The molecule has 0 bridgehead atoms. The molecule has 0 aliphatic carbocycles. The predicted molar refractivity (Wildman–Crippen MR) is 258 cm³/mol. The van der Waals surface area contributed by atoms with Crippen LogP contribution in [0.3, 0.4) is 0 Å². The monoisotopic (exact) mass is 788 g/mol. The molecule has 0 unspecified atom stereocenters. The molecule has 12 rings (SSSR count). The molecule has 4 heterocycles. The summed E-state index contributed by atoms with van der Waals surface area (Å²) in [5.74, 6) is 0. The van der Waals surface area contributed by atoms with Gasteiger partial charge in [0.2, 0.25) is 0 Å². The van der Waals surface area contributed by atoms with Crippen LogP contribution in [0.15, 0.2) is 218 Å². The highest BCUT2D eigenvalue weighted by molar-refractivity contribution is 6.04. The first-order valence-electron chi connectivity index (χ1n) is 20.9. The van der Waals surface area contributed by atoms with Crippen LogP contribution < -0.4 is 0 Å². The smallest absolute Gasteiger partial charge is 0.0972 e. The highest BCUT2D eigenvalue weighted by Gasteiger charge is 2.12. The first-order valence-corrected chi connectivity index (χ1v) is 20.9. The van der Waals surface area contributed by atoms with Crippen molar-refractivity contribution in [3.8, 4) is 67.3 Å². The zero-order valence-corrected chi connectivity index (χ0v) is 33.6. The average Bonchev–Trinajstić information content (AvgIpc) is 3.35. The maximum Gasteiger partial charge on any atom is 0.0972 e. The molecule has 0 N–H and O–H groups in total. The fourth-order valence-electron chi connectivity index (χ4n) is 8.64. The van der Waals surface area contributed by atoms with E-state index in [4.69, 9.17) is 19.9 Å². The second kappa shape index (κ2) is 14.7. The van der Waals surface area contributed by atoms with Gasteiger partial charge in [-0.05, 0) is 81.6 Å². The van der Waals surface area contributed by atoms with Gasteiger partial charge in [-0.25, -0.2) is 19.9 Å². The Balaban J connectivity index is 0.833. The minimum absolute atomic E-state index is 0.908. The summed E-state index contributed by atoms with van der Waals surface area (Å²) in [5, 5.41) is 6.64. The second-order valence-corrected chi connectivity index (χ2v) is 15.9. The second-order valence-electron chi connectivity index (χ2n) is 15.9. The zero-order valence-electron chi connectivity index (χ0n) is 33.6. The van der Waals surface area contributed by atoms with Crippen LogP contribution in [-0.2, 0) is 0 Å². The van der Waals surface area contributed by atoms with E-state index in [2.05, 4.69) is 194 Å². The summed E-state index contributed by atoms with van der Waals surface area (Å²) in [6.45, 7) is 0. The molecular weight excluding hydrogens is 753 g/mol. The van der Waals surface area contributed by atoms with Crippen molar-refractivity contribution in [1.29, 1.82) is 0 Å². The molecule has 0 atom stereocenters. The van der Waals surface area contributed by atoms with Gasteiger partial charge in [-0.15, -0.1) is 0 Å². The third kappa shape index (κ3) is 6.51. The van der Waals surface area contributed by atoms with Crippen LogP contribution in [0.4, 0.5) is 0 Å². The highest BCUT2D eigenvalue weighted by atomic mass is 14.8. The Morgan fingerprint density at radius 3 is 1.05 bits per heavy atom. The quantitative estimate of drug-likeness (QED) is 0.158. The summed E-state index contributed by atoms with van der Waals surface area (Å²) in [7, 11) is 0. The first-order chi connectivity index (χ1) is 30.6. The van der Waals surface area contributed by atoms with Crippen molar-refractivity contribution < 1.29 is 0 Å². The van der Waals surface area contributed by atoms with Crippen molar-refractivity contribution in [2.75, 3.05) is 0 Å². The Kier molecular flexibility index (Phi) is 8.46. The molecule has 0 spiro atoms. The van der Waals surface area contributed by atoms with E-state index < -0.39 is 0 Å². The first kappa shape index (κ1) is 35.6. The lowest BCUT2D eigenvalue weighted by Gasteiger charge is -2.10. The fourth-order valence-corrected chi connectivity index (χ4v) is 8.64. The maximum absolute atomic E-state index is 5.20. The van der Waals surface area contributed by atoms with Crippen LogP contribution >= 0.6 is 0 Å². The van der Waals surface area contributed by atoms with Crippen LogP contribution in [0, 0.1) is 0 Å². The van der Waals surface area contributed by atoms with E-state index in [-0.39, 0.29) is 0 Å².